The number of ether oxygens (including phenoxy) is 2. The van der Waals surface area contributed by atoms with E-state index in [0.29, 0.717) is 43.3 Å². The van der Waals surface area contributed by atoms with E-state index in [1.807, 2.05) is 0 Å². The molecule has 1 saturated heterocycles. The highest BCUT2D eigenvalue weighted by atomic mass is 16.5. The summed E-state index contributed by atoms with van der Waals surface area (Å²) in [5.74, 6) is 1.10. The first kappa shape index (κ1) is 17.6. The predicted octanol–water partition coefficient (Wildman–Crippen LogP) is 1.27. The Bertz CT molecular complexity index is 554. The van der Waals surface area contributed by atoms with Crippen molar-refractivity contribution in [1.29, 1.82) is 0 Å². The molecule has 1 atom stereocenters. The third-order valence-electron chi connectivity index (χ3n) is 4.27. The molecule has 0 aromatic heterocycles. The first-order valence-electron chi connectivity index (χ1n) is 7.89. The average Bonchev–Trinajstić information content (AvgIpc) is 3.02. The van der Waals surface area contributed by atoms with Crippen LogP contribution < -0.4 is 15.2 Å². The van der Waals surface area contributed by atoms with Gasteiger partial charge in [0.1, 0.15) is 18.1 Å². The molecule has 128 valence electrons. The number of hydrogen-bond donors (Lipinski definition) is 2. The van der Waals surface area contributed by atoms with Crippen molar-refractivity contribution in [3.8, 4) is 11.5 Å². The summed E-state index contributed by atoms with van der Waals surface area (Å²) in [6.45, 7) is 5.46. The van der Waals surface area contributed by atoms with Gasteiger partial charge in [-0.25, -0.2) is 0 Å². The van der Waals surface area contributed by atoms with E-state index >= 15 is 0 Å². The Labute approximate surface area is 137 Å². The second-order valence-electron chi connectivity index (χ2n) is 6.39. The molecule has 23 heavy (non-hydrogen) atoms. The largest absolute Gasteiger partial charge is 0.497 e. The van der Waals surface area contributed by atoms with Gasteiger partial charge in [0.25, 0.3) is 5.91 Å². The summed E-state index contributed by atoms with van der Waals surface area (Å²) in [4.78, 5) is 14.6. The number of nitrogens with two attached hydrogens (primary N) is 1. The van der Waals surface area contributed by atoms with Crippen LogP contribution in [0.5, 0.6) is 11.5 Å². The van der Waals surface area contributed by atoms with Crippen molar-refractivity contribution in [1.82, 2.24) is 4.90 Å². The smallest absolute Gasteiger partial charge is 0.257 e. The van der Waals surface area contributed by atoms with Crippen molar-refractivity contribution in [2.45, 2.75) is 25.9 Å². The lowest BCUT2D eigenvalue weighted by molar-refractivity contribution is 0.0211. The van der Waals surface area contributed by atoms with Gasteiger partial charge in [-0.1, -0.05) is 0 Å². The van der Waals surface area contributed by atoms with Gasteiger partial charge >= 0.3 is 0 Å². The van der Waals surface area contributed by atoms with Crippen molar-refractivity contribution in [2.75, 3.05) is 33.4 Å². The van der Waals surface area contributed by atoms with Crippen LogP contribution in [-0.2, 0) is 0 Å². The minimum absolute atomic E-state index is 0.0816. The number of nitrogens with zero attached hydrogens (tertiary/aromatic N) is 1. The Kier molecular flexibility index (Phi) is 5.49. The molecular formula is C17H26N2O4. The maximum atomic E-state index is 12.8. The quantitative estimate of drug-likeness (QED) is 0.824. The number of aliphatic hydroxyl groups is 1. The molecule has 1 heterocycles. The predicted molar refractivity (Wildman–Crippen MR) is 87.9 cm³/mol. The lowest BCUT2D eigenvalue weighted by atomic mass is 9.90. The number of likely N-dealkylation sites (tertiary alicyclic amines) is 1. The van der Waals surface area contributed by atoms with E-state index in [4.69, 9.17) is 15.2 Å². The SMILES string of the molecule is COc1ccc(C(=O)N2CC[C@H](C(C)(C)O)C2)c(OCCN)c1. The zero-order chi connectivity index (χ0) is 17.0. The lowest BCUT2D eigenvalue weighted by Crippen LogP contribution is -2.35. The van der Waals surface area contributed by atoms with Gasteiger partial charge in [-0.15, -0.1) is 0 Å². The minimum atomic E-state index is -0.784. The van der Waals surface area contributed by atoms with E-state index in [0.717, 1.165) is 6.42 Å². The van der Waals surface area contributed by atoms with Gasteiger partial charge in [-0.3, -0.25) is 4.79 Å². The third kappa shape index (κ3) is 4.14. The van der Waals surface area contributed by atoms with Gasteiger partial charge in [-0.2, -0.15) is 0 Å². The van der Waals surface area contributed by atoms with Crippen LogP contribution in [0.25, 0.3) is 0 Å². The number of benzene rings is 1. The number of carbonyl (C=O) groups excluding carboxylic acids is 1. The monoisotopic (exact) mass is 322 g/mol. The van der Waals surface area contributed by atoms with Crippen molar-refractivity contribution in [2.24, 2.45) is 11.7 Å². The summed E-state index contributed by atoms with van der Waals surface area (Å²) in [7, 11) is 1.57. The number of carbonyl (C=O) groups is 1. The number of amides is 1. The van der Waals surface area contributed by atoms with Crippen LogP contribution in [0.3, 0.4) is 0 Å². The summed E-state index contributed by atoms with van der Waals surface area (Å²) in [5.41, 5.74) is 5.19. The number of hydrogen-bond acceptors (Lipinski definition) is 5. The average molecular weight is 322 g/mol. The highest BCUT2D eigenvalue weighted by molar-refractivity contribution is 5.97. The zero-order valence-electron chi connectivity index (χ0n) is 14.0. The summed E-state index contributed by atoms with van der Waals surface area (Å²) in [6, 6.07) is 5.16. The van der Waals surface area contributed by atoms with E-state index in [1.54, 1.807) is 44.1 Å². The van der Waals surface area contributed by atoms with Gasteiger partial charge in [0.15, 0.2) is 0 Å². The van der Waals surface area contributed by atoms with Crippen LogP contribution in [0.4, 0.5) is 0 Å². The molecule has 1 fully saturated rings. The van der Waals surface area contributed by atoms with Crippen molar-refractivity contribution >= 4 is 5.91 Å². The van der Waals surface area contributed by atoms with Crippen LogP contribution in [0.2, 0.25) is 0 Å². The standard InChI is InChI=1S/C17H26N2O4/c1-17(2,21)12-6-8-19(11-12)16(20)14-5-4-13(22-3)10-15(14)23-9-7-18/h4-5,10,12,21H,6-9,11,18H2,1-3H3/t12-/m0/s1. The van der Waals surface area contributed by atoms with Crippen molar-refractivity contribution in [3.05, 3.63) is 23.8 Å². The topological polar surface area (TPSA) is 85.0 Å². The Morgan fingerprint density at radius 2 is 2.22 bits per heavy atom. The number of methoxy groups -OCH3 is 1. The molecule has 6 nitrogen and oxygen atoms in total. The summed E-state index contributed by atoms with van der Waals surface area (Å²) in [6.07, 6.45) is 0.796. The fraction of sp³-hybridized carbons (Fsp3) is 0.588. The molecule has 0 saturated carbocycles. The summed E-state index contributed by atoms with van der Waals surface area (Å²) in [5, 5.41) is 10.1. The van der Waals surface area contributed by atoms with Gasteiger partial charge < -0.3 is 25.2 Å². The normalized spacial score (nSPS) is 18.1. The second-order valence-corrected chi connectivity index (χ2v) is 6.39. The van der Waals surface area contributed by atoms with Crippen LogP contribution in [0.15, 0.2) is 18.2 Å². The fourth-order valence-electron chi connectivity index (χ4n) is 2.79. The molecule has 0 unspecified atom stereocenters. The molecule has 2 rings (SSSR count). The van der Waals surface area contributed by atoms with Crippen LogP contribution in [-0.4, -0.2) is 54.9 Å². The van der Waals surface area contributed by atoms with Crippen LogP contribution >= 0.6 is 0 Å². The maximum absolute atomic E-state index is 12.8. The highest BCUT2D eigenvalue weighted by Gasteiger charge is 2.36. The van der Waals surface area contributed by atoms with Crippen LogP contribution in [0.1, 0.15) is 30.6 Å². The molecule has 1 aliphatic heterocycles. The lowest BCUT2D eigenvalue weighted by Gasteiger charge is -2.25. The van der Waals surface area contributed by atoms with Gasteiger partial charge in [-0.05, 0) is 32.4 Å². The Morgan fingerprint density at radius 3 is 2.78 bits per heavy atom. The van der Waals surface area contributed by atoms with Gasteiger partial charge in [0.2, 0.25) is 0 Å². The molecule has 0 spiro atoms. The van der Waals surface area contributed by atoms with E-state index < -0.39 is 5.60 Å². The van der Waals surface area contributed by atoms with E-state index in [-0.39, 0.29) is 11.8 Å². The van der Waals surface area contributed by atoms with Gasteiger partial charge in [0, 0.05) is 31.6 Å². The molecule has 1 amide bonds. The second kappa shape index (κ2) is 7.19. The van der Waals surface area contributed by atoms with Gasteiger partial charge in [0.05, 0.1) is 18.3 Å². The molecule has 1 aliphatic rings. The van der Waals surface area contributed by atoms with E-state index in [2.05, 4.69) is 0 Å². The van der Waals surface area contributed by atoms with E-state index in [1.165, 1.54) is 0 Å². The van der Waals surface area contributed by atoms with Crippen molar-refractivity contribution in [3.63, 3.8) is 0 Å². The Morgan fingerprint density at radius 1 is 1.48 bits per heavy atom. The first-order valence-corrected chi connectivity index (χ1v) is 7.89. The van der Waals surface area contributed by atoms with Crippen molar-refractivity contribution < 1.29 is 19.4 Å². The molecule has 1 aromatic carbocycles. The molecule has 0 radical (unpaired) electrons. The Hall–Kier alpha value is -1.79. The molecule has 0 bridgehead atoms. The number of rotatable bonds is 6. The first-order chi connectivity index (χ1) is 10.9. The summed E-state index contributed by atoms with van der Waals surface area (Å²) < 4.78 is 10.8. The van der Waals surface area contributed by atoms with Crippen LogP contribution in [0, 0.1) is 5.92 Å². The highest BCUT2D eigenvalue weighted by Crippen LogP contribution is 2.31. The zero-order valence-corrected chi connectivity index (χ0v) is 14.0. The third-order valence-corrected chi connectivity index (χ3v) is 4.27. The molecule has 0 aliphatic carbocycles. The maximum Gasteiger partial charge on any atom is 0.257 e. The fourth-order valence-corrected chi connectivity index (χ4v) is 2.79. The minimum Gasteiger partial charge on any atom is -0.497 e. The molecule has 3 N–H and O–H groups in total. The van der Waals surface area contributed by atoms with E-state index in [9.17, 15) is 9.90 Å². The Balaban J connectivity index is 2.18. The molecule has 1 aromatic rings. The summed E-state index contributed by atoms with van der Waals surface area (Å²) >= 11 is 0. The molecular weight excluding hydrogens is 296 g/mol. The molecule has 6 heteroatoms.